The Morgan fingerprint density at radius 1 is 1.20 bits per heavy atom. The van der Waals surface area contributed by atoms with Gasteiger partial charge < -0.3 is 9.52 Å². The second-order valence-corrected chi connectivity index (χ2v) is 4.74. The summed E-state index contributed by atoms with van der Waals surface area (Å²) in [6, 6.07) is 11.5. The predicted octanol–water partition coefficient (Wildman–Crippen LogP) is 3.72. The number of aromatic nitrogens is 2. The van der Waals surface area contributed by atoms with Crippen LogP contribution in [0.15, 0.2) is 47.0 Å². The van der Waals surface area contributed by atoms with Crippen molar-refractivity contribution in [1.82, 2.24) is 9.97 Å². The summed E-state index contributed by atoms with van der Waals surface area (Å²) in [6.07, 6.45) is 2.72. The Bertz CT molecular complexity index is 707. The molecule has 0 aliphatic rings. The van der Waals surface area contributed by atoms with Crippen molar-refractivity contribution in [2.45, 2.75) is 25.9 Å². The van der Waals surface area contributed by atoms with Gasteiger partial charge in [0.15, 0.2) is 11.2 Å². The van der Waals surface area contributed by atoms with Crippen LogP contribution < -0.4 is 0 Å². The molecule has 0 saturated carbocycles. The summed E-state index contributed by atoms with van der Waals surface area (Å²) in [5.41, 5.74) is 2.77. The molecule has 0 bridgehead atoms. The minimum atomic E-state index is -0.540. The highest BCUT2D eigenvalue weighted by Crippen LogP contribution is 2.29. The average molecular weight is 268 g/mol. The molecule has 2 heterocycles. The molecule has 0 aliphatic carbocycles. The van der Waals surface area contributed by atoms with Gasteiger partial charge in [-0.05, 0) is 24.6 Å². The Hall–Kier alpha value is -2.20. The summed E-state index contributed by atoms with van der Waals surface area (Å²) >= 11 is 0. The summed E-state index contributed by atoms with van der Waals surface area (Å²) in [4.78, 5) is 8.61. The first-order valence-corrected chi connectivity index (χ1v) is 6.78. The van der Waals surface area contributed by atoms with Gasteiger partial charge >= 0.3 is 0 Å². The topological polar surface area (TPSA) is 59.2 Å². The third kappa shape index (κ3) is 2.30. The lowest BCUT2D eigenvalue weighted by molar-refractivity contribution is 0.167. The van der Waals surface area contributed by atoms with E-state index < -0.39 is 6.10 Å². The van der Waals surface area contributed by atoms with E-state index in [4.69, 9.17) is 4.42 Å². The summed E-state index contributed by atoms with van der Waals surface area (Å²) < 4.78 is 5.82. The van der Waals surface area contributed by atoms with Crippen LogP contribution in [0.1, 0.15) is 31.4 Å². The summed E-state index contributed by atoms with van der Waals surface area (Å²) in [5.74, 6) is 0.532. The van der Waals surface area contributed by atoms with Crippen molar-refractivity contribution in [3.8, 4) is 11.5 Å². The first-order valence-electron chi connectivity index (χ1n) is 6.78. The van der Waals surface area contributed by atoms with E-state index in [2.05, 4.69) is 9.97 Å². The van der Waals surface area contributed by atoms with Gasteiger partial charge in [0.1, 0.15) is 0 Å². The molecule has 102 valence electrons. The number of fused-ring (bicyclic) bond motifs is 1. The van der Waals surface area contributed by atoms with E-state index in [-0.39, 0.29) is 0 Å². The molecular weight excluding hydrogens is 252 g/mol. The smallest absolute Gasteiger partial charge is 0.228 e. The van der Waals surface area contributed by atoms with Gasteiger partial charge in [-0.2, -0.15) is 4.98 Å². The van der Waals surface area contributed by atoms with Gasteiger partial charge in [-0.1, -0.05) is 31.5 Å². The summed E-state index contributed by atoms with van der Waals surface area (Å²) in [6.45, 7) is 2.04. The van der Waals surface area contributed by atoms with Crippen LogP contribution >= 0.6 is 0 Å². The number of aliphatic hydroxyl groups is 1. The highest BCUT2D eigenvalue weighted by atomic mass is 16.4. The number of pyridine rings is 1. The number of hydrogen-bond donors (Lipinski definition) is 1. The molecule has 0 fully saturated rings. The maximum Gasteiger partial charge on any atom is 0.228 e. The highest BCUT2D eigenvalue weighted by molar-refractivity contribution is 5.75. The zero-order chi connectivity index (χ0) is 13.9. The molecule has 1 N–H and O–H groups in total. The lowest BCUT2D eigenvalue weighted by Gasteiger charge is -2.08. The Morgan fingerprint density at radius 3 is 2.75 bits per heavy atom. The molecule has 1 aromatic carbocycles. The molecule has 1 unspecified atom stereocenters. The van der Waals surface area contributed by atoms with E-state index in [9.17, 15) is 5.11 Å². The Labute approximate surface area is 117 Å². The van der Waals surface area contributed by atoms with Crippen molar-refractivity contribution in [3.63, 3.8) is 0 Å². The van der Waals surface area contributed by atoms with Crippen LogP contribution in [0.2, 0.25) is 0 Å². The first-order chi connectivity index (χ1) is 9.79. The van der Waals surface area contributed by atoms with Crippen LogP contribution in [0, 0.1) is 0 Å². The second kappa shape index (κ2) is 5.43. The van der Waals surface area contributed by atoms with Gasteiger partial charge in [-0.15, -0.1) is 0 Å². The van der Waals surface area contributed by atoms with Crippen molar-refractivity contribution in [1.29, 1.82) is 0 Å². The third-order valence-corrected chi connectivity index (χ3v) is 3.26. The number of rotatable bonds is 4. The average Bonchev–Trinajstić information content (AvgIpc) is 2.92. The molecule has 0 aliphatic heterocycles. The molecule has 0 spiro atoms. The SMILES string of the molecule is CCCC(O)c1ccnc2nc(-c3ccccc3)oc12. The Kier molecular flexibility index (Phi) is 3.48. The van der Waals surface area contributed by atoms with Crippen molar-refractivity contribution >= 4 is 11.2 Å². The zero-order valence-electron chi connectivity index (χ0n) is 11.3. The molecule has 4 heteroatoms. The van der Waals surface area contributed by atoms with Gasteiger partial charge in [0.05, 0.1) is 6.10 Å². The normalized spacial score (nSPS) is 12.7. The van der Waals surface area contributed by atoms with E-state index in [1.807, 2.05) is 37.3 Å². The second-order valence-electron chi connectivity index (χ2n) is 4.74. The molecule has 0 radical (unpaired) electrons. The van der Waals surface area contributed by atoms with E-state index in [1.165, 1.54) is 0 Å². The van der Waals surface area contributed by atoms with E-state index in [0.29, 0.717) is 23.5 Å². The summed E-state index contributed by atoms with van der Waals surface area (Å²) in [5, 5.41) is 10.2. The van der Waals surface area contributed by atoms with E-state index >= 15 is 0 Å². The number of benzene rings is 1. The fraction of sp³-hybridized carbons (Fsp3) is 0.250. The minimum Gasteiger partial charge on any atom is -0.434 e. The molecule has 2 aromatic heterocycles. The third-order valence-electron chi connectivity index (χ3n) is 3.26. The molecule has 3 rings (SSSR count). The highest BCUT2D eigenvalue weighted by Gasteiger charge is 2.17. The van der Waals surface area contributed by atoms with E-state index in [0.717, 1.165) is 17.5 Å². The van der Waals surface area contributed by atoms with Gasteiger partial charge in [0.25, 0.3) is 0 Å². The quantitative estimate of drug-likeness (QED) is 0.783. The fourth-order valence-electron chi connectivity index (χ4n) is 2.25. The van der Waals surface area contributed by atoms with Crippen LogP contribution in [0.25, 0.3) is 22.7 Å². The molecule has 0 amide bonds. The Balaban J connectivity index is 2.09. The van der Waals surface area contributed by atoms with Crippen LogP contribution in [0.5, 0.6) is 0 Å². The first kappa shape index (κ1) is 12.8. The number of aliphatic hydroxyl groups excluding tert-OH is 1. The molecule has 0 saturated heterocycles. The molecular formula is C16H16N2O2. The molecule has 3 aromatic rings. The van der Waals surface area contributed by atoms with Gasteiger partial charge in [-0.3, -0.25) is 0 Å². The molecule has 1 atom stereocenters. The maximum atomic E-state index is 10.2. The van der Waals surface area contributed by atoms with Gasteiger partial charge in [0, 0.05) is 17.3 Å². The minimum absolute atomic E-state index is 0.532. The van der Waals surface area contributed by atoms with Gasteiger partial charge in [-0.25, -0.2) is 4.98 Å². The fourth-order valence-corrected chi connectivity index (χ4v) is 2.25. The van der Waals surface area contributed by atoms with Crippen molar-refractivity contribution < 1.29 is 9.52 Å². The lowest BCUT2D eigenvalue weighted by atomic mass is 10.1. The molecule has 4 nitrogen and oxygen atoms in total. The van der Waals surface area contributed by atoms with Gasteiger partial charge in [0.2, 0.25) is 5.89 Å². The maximum absolute atomic E-state index is 10.2. The lowest BCUT2D eigenvalue weighted by Crippen LogP contribution is -1.97. The van der Waals surface area contributed by atoms with Crippen molar-refractivity contribution in [2.75, 3.05) is 0 Å². The largest absolute Gasteiger partial charge is 0.434 e. The number of hydrogen-bond acceptors (Lipinski definition) is 4. The predicted molar refractivity (Wildman–Crippen MR) is 77.1 cm³/mol. The van der Waals surface area contributed by atoms with Crippen molar-refractivity contribution in [2.24, 2.45) is 0 Å². The van der Waals surface area contributed by atoms with Crippen LogP contribution in [-0.4, -0.2) is 15.1 Å². The monoisotopic (exact) mass is 268 g/mol. The van der Waals surface area contributed by atoms with E-state index in [1.54, 1.807) is 12.3 Å². The van der Waals surface area contributed by atoms with Crippen LogP contribution in [0.3, 0.4) is 0 Å². The van der Waals surface area contributed by atoms with Crippen LogP contribution in [-0.2, 0) is 0 Å². The zero-order valence-corrected chi connectivity index (χ0v) is 11.3. The Morgan fingerprint density at radius 2 is 2.00 bits per heavy atom. The van der Waals surface area contributed by atoms with Crippen molar-refractivity contribution in [3.05, 3.63) is 48.2 Å². The summed E-state index contributed by atoms with van der Waals surface area (Å²) in [7, 11) is 0. The van der Waals surface area contributed by atoms with Crippen LogP contribution in [0.4, 0.5) is 0 Å². The standard InChI is InChI=1S/C16H16N2O2/c1-2-6-13(19)12-9-10-17-15-14(12)20-16(18-15)11-7-4-3-5-8-11/h3-5,7-10,13,19H,2,6H2,1H3. The number of oxazole rings is 1. The number of nitrogens with zero attached hydrogens (tertiary/aromatic N) is 2. The molecule has 20 heavy (non-hydrogen) atoms.